The Hall–Kier alpha value is -1.58. The molecule has 0 aliphatic carbocycles. The van der Waals surface area contributed by atoms with E-state index >= 15 is 0 Å². The molecule has 3 rings (SSSR count). The van der Waals surface area contributed by atoms with Crippen LogP contribution in [0.2, 0.25) is 0 Å². The van der Waals surface area contributed by atoms with Crippen LogP contribution in [0.15, 0.2) is 18.2 Å². The summed E-state index contributed by atoms with van der Waals surface area (Å²) in [6, 6.07) is 7.27. The summed E-state index contributed by atoms with van der Waals surface area (Å²) in [6.07, 6.45) is 1.16. The molecule has 21 heavy (non-hydrogen) atoms. The highest BCUT2D eigenvalue weighted by molar-refractivity contribution is 7.91. The second kappa shape index (κ2) is 5.32. The van der Waals surface area contributed by atoms with Gasteiger partial charge in [0, 0.05) is 12.3 Å². The van der Waals surface area contributed by atoms with Crippen LogP contribution in [0, 0.1) is 11.3 Å². The first kappa shape index (κ1) is 14.4. The van der Waals surface area contributed by atoms with E-state index in [4.69, 9.17) is 16.9 Å². The Morgan fingerprint density at radius 3 is 2.90 bits per heavy atom. The molecule has 0 spiro atoms. The van der Waals surface area contributed by atoms with Crippen LogP contribution in [-0.4, -0.2) is 35.4 Å². The van der Waals surface area contributed by atoms with E-state index in [1.807, 2.05) is 4.57 Å². The zero-order valence-corrected chi connectivity index (χ0v) is 12.9. The van der Waals surface area contributed by atoms with E-state index in [2.05, 4.69) is 11.1 Å². The zero-order chi connectivity index (χ0) is 15.0. The maximum atomic E-state index is 11.8. The Bertz CT molecular complexity index is 836. The van der Waals surface area contributed by atoms with Gasteiger partial charge in [0.1, 0.15) is 5.82 Å². The number of nitrogens with zero attached hydrogens (tertiary/aromatic N) is 3. The van der Waals surface area contributed by atoms with Gasteiger partial charge < -0.3 is 4.57 Å². The molecule has 1 aromatic carbocycles. The number of aromatic nitrogens is 2. The lowest BCUT2D eigenvalue weighted by Crippen LogP contribution is -2.14. The van der Waals surface area contributed by atoms with Crippen LogP contribution in [0.5, 0.6) is 0 Å². The van der Waals surface area contributed by atoms with Crippen molar-refractivity contribution < 1.29 is 8.42 Å². The molecule has 0 bridgehead atoms. The quantitative estimate of drug-likeness (QED) is 0.810. The minimum Gasteiger partial charge on any atom is -0.324 e. The first-order valence-corrected chi connectivity index (χ1v) is 9.07. The third-order valence-corrected chi connectivity index (χ3v) is 5.72. The number of sulfone groups is 1. The second-order valence-electron chi connectivity index (χ2n) is 5.21. The monoisotopic (exact) mass is 323 g/mol. The average molecular weight is 324 g/mol. The summed E-state index contributed by atoms with van der Waals surface area (Å²) in [5.41, 5.74) is 2.14. The van der Waals surface area contributed by atoms with Gasteiger partial charge in [0.05, 0.1) is 40.2 Å². The maximum Gasteiger partial charge on any atom is 0.152 e. The van der Waals surface area contributed by atoms with Gasteiger partial charge in [0.25, 0.3) is 0 Å². The van der Waals surface area contributed by atoms with E-state index in [1.54, 1.807) is 18.2 Å². The van der Waals surface area contributed by atoms with Crippen molar-refractivity contribution in [1.29, 1.82) is 5.26 Å². The van der Waals surface area contributed by atoms with Crippen LogP contribution in [0.4, 0.5) is 0 Å². The predicted molar refractivity (Wildman–Crippen MR) is 81.2 cm³/mol. The van der Waals surface area contributed by atoms with Crippen molar-refractivity contribution in [3.05, 3.63) is 29.6 Å². The molecule has 7 heteroatoms. The van der Waals surface area contributed by atoms with Gasteiger partial charge >= 0.3 is 0 Å². The molecular formula is C14H14ClN3O2S. The highest BCUT2D eigenvalue weighted by Crippen LogP contribution is 2.30. The summed E-state index contributed by atoms with van der Waals surface area (Å²) < 4.78 is 25.5. The highest BCUT2D eigenvalue weighted by atomic mass is 35.5. The molecule has 0 saturated carbocycles. The van der Waals surface area contributed by atoms with Crippen molar-refractivity contribution in [2.75, 3.05) is 17.4 Å². The number of hydrogen-bond acceptors (Lipinski definition) is 4. The second-order valence-corrected chi connectivity index (χ2v) is 7.82. The fraction of sp³-hybridized carbons (Fsp3) is 0.429. The van der Waals surface area contributed by atoms with Gasteiger partial charge in [-0.15, -0.1) is 11.6 Å². The Morgan fingerprint density at radius 1 is 1.48 bits per heavy atom. The number of hydrogen-bond donors (Lipinski definition) is 0. The number of aryl methyl sites for hydroxylation is 1. The molecule has 2 aromatic rings. The minimum atomic E-state index is -2.98. The lowest BCUT2D eigenvalue weighted by atomic mass is 10.2. The van der Waals surface area contributed by atoms with Gasteiger partial charge in [-0.3, -0.25) is 0 Å². The van der Waals surface area contributed by atoms with Gasteiger partial charge in [-0.1, -0.05) is 0 Å². The zero-order valence-electron chi connectivity index (χ0n) is 11.3. The van der Waals surface area contributed by atoms with E-state index < -0.39 is 9.84 Å². The van der Waals surface area contributed by atoms with Crippen molar-refractivity contribution >= 4 is 32.5 Å². The van der Waals surface area contributed by atoms with Crippen LogP contribution < -0.4 is 0 Å². The Balaban J connectivity index is 2.17. The lowest BCUT2D eigenvalue weighted by molar-refractivity contribution is 0.548. The molecule has 1 saturated heterocycles. The molecule has 2 heterocycles. The SMILES string of the molecule is N#Cc1ccc2nc(CCCl)n(C3CCS(=O)(=O)C3)c2c1. The van der Waals surface area contributed by atoms with E-state index in [0.29, 0.717) is 24.3 Å². The Labute approximate surface area is 128 Å². The van der Waals surface area contributed by atoms with Crippen molar-refractivity contribution in [3.63, 3.8) is 0 Å². The first-order chi connectivity index (χ1) is 10.0. The van der Waals surface area contributed by atoms with E-state index in [9.17, 15) is 8.42 Å². The number of rotatable bonds is 3. The predicted octanol–water partition coefficient (Wildman–Crippen LogP) is 2.05. The molecule has 1 aromatic heterocycles. The topological polar surface area (TPSA) is 75.8 Å². The number of imidazole rings is 1. The Morgan fingerprint density at radius 2 is 2.29 bits per heavy atom. The molecule has 5 nitrogen and oxygen atoms in total. The normalized spacial score (nSPS) is 20.7. The number of benzene rings is 1. The molecule has 0 radical (unpaired) electrons. The molecule has 1 aliphatic rings. The highest BCUT2D eigenvalue weighted by Gasteiger charge is 2.31. The fourth-order valence-electron chi connectivity index (χ4n) is 2.86. The molecule has 110 valence electrons. The van der Waals surface area contributed by atoms with Gasteiger partial charge in [0.2, 0.25) is 0 Å². The van der Waals surface area contributed by atoms with Crippen molar-refractivity contribution in [2.24, 2.45) is 0 Å². The summed E-state index contributed by atoms with van der Waals surface area (Å²) in [5, 5.41) is 9.05. The molecule has 1 unspecified atom stereocenters. The number of nitriles is 1. The Kier molecular flexibility index (Phi) is 3.64. The fourth-order valence-corrected chi connectivity index (χ4v) is 4.73. The van der Waals surface area contributed by atoms with E-state index in [0.717, 1.165) is 16.9 Å². The van der Waals surface area contributed by atoms with Crippen molar-refractivity contribution in [2.45, 2.75) is 18.9 Å². The maximum absolute atomic E-state index is 11.8. The van der Waals surface area contributed by atoms with Gasteiger partial charge in [0.15, 0.2) is 9.84 Å². The van der Waals surface area contributed by atoms with Gasteiger partial charge in [-0.05, 0) is 24.6 Å². The molecule has 1 atom stereocenters. The third kappa shape index (κ3) is 2.63. The summed E-state index contributed by atoms with van der Waals surface area (Å²) in [4.78, 5) is 4.54. The summed E-state index contributed by atoms with van der Waals surface area (Å²) in [5.74, 6) is 1.55. The van der Waals surface area contributed by atoms with E-state index in [1.165, 1.54) is 0 Å². The van der Waals surface area contributed by atoms with Crippen LogP contribution in [0.1, 0.15) is 23.9 Å². The van der Waals surface area contributed by atoms with Crippen LogP contribution in [0.3, 0.4) is 0 Å². The standard InChI is InChI=1S/C14H14ClN3O2S/c15-5-3-14-17-12-2-1-10(8-16)7-13(12)18(14)11-4-6-21(19,20)9-11/h1-2,7,11H,3-6,9H2. The largest absolute Gasteiger partial charge is 0.324 e. The van der Waals surface area contributed by atoms with Gasteiger partial charge in [-0.2, -0.15) is 5.26 Å². The van der Waals surface area contributed by atoms with Gasteiger partial charge in [-0.25, -0.2) is 13.4 Å². The smallest absolute Gasteiger partial charge is 0.152 e. The number of halogens is 1. The van der Waals surface area contributed by atoms with Crippen LogP contribution >= 0.6 is 11.6 Å². The van der Waals surface area contributed by atoms with Crippen molar-refractivity contribution in [1.82, 2.24) is 9.55 Å². The molecular weight excluding hydrogens is 310 g/mol. The van der Waals surface area contributed by atoms with Crippen LogP contribution in [0.25, 0.3) is 11.0 Å². The first-order valence-electron chi connectivity index (χ1n) is 6.71. The average Bonchev–Trinajstić information content (AvgIpc) is 2.97. The minimum absolute atomic E-state index is 0.118. The third-order valence-electron chi connectivity index (χ3n) is 3.78. The lowest BCUT2D eigenvalue weighted by Gasteiger charge is -2.15. The van der Waals surface area contributed by atoms with Crippen LogP contribution in [-0.2, 0) is 16.3 Å². The number of fused-ring (bicyclic) bond motifs is 1. The summed E-state index contributed by atoms with van der Waals surface area (Å²) in [6.45, 7) is 0. The number of alkyl halides is 1. The van der Waals surface area contributed by atoms with Crippen molar-refractivity contribution in [3.8, 4) is 6.07 Å². The molecule has 1 fully saturated rings. The molecule has 1 aliphatic heterocycles. The summed E-state index contributed by atoms with van der Waals surface area (Å²) >= 11 is 5.83. The molecule has 0 N–H and O–H groups in total. The van der Waals surface area contributed by atoms with E-state index in [-0.39, 0.29) is 17.5 Å². The summed E-state index contributed by atoms with van der Waals surface area (Å²) in [7, 11) is -2.98. The molecule has 0 amide bonds.